The molecule has 6 nitrogen and oxygen atoms in total. The molecule has 0 aliphatic carbocycles. The van der Waals surface area contributed by atoms with Crippen LogP contribution in [0.4, 0.5) is 4.79 Å². The Bertz CT molecular complexity index is 627. The van der Waals surface area contributed by atoms with Crippen LogP contribution < -0.4 is 4.74 Å². The largest absolute Gasteiger partial charge is 0.490 e. The van der Waals surface area contributed by atoms with Crippen molar-refractivity contribution in [1.82, 2.24) is 4.90 Å². The maximum absolute atomic E-state index is 12.1. The van der Waals surface area contributed by atoms with E-state index in [9.17, 15) is 4.79 Å². The molecule has 0 unspecified atom stereocenters. The number of benzene rings is 1. The van der Waals surface area contributed by atoms with E-state index in [-0.39, 0.29) is 12.2 Å². The molecule has 1 amide bonds. The molecular formula is C21H32N2O4. The van der Waals surface area contributed by atoms with Crippen LogP contribution >= 0.6 is 0 Å². The van der Waals surface area contributed by atoms with Crippen LogP contribution in [0.15, 0.2) is 29.3 Å². The number of amides is 1. The average Bonchev–Trinajstić information content (AvgIpc) is 3.18. The van der Waals surface area contributed by atoms with Crippen LogP contribution in [0.25, 0.3) is 0 Å². The van der Waals surface area contributed by atoms with Gasteiger partial charge in [-0.1, -0.05) is 13.8 Å². The fraction of sp³-hybridized carbons (Fsp3) is 0.619. The second kappa shape index (κ2) is 9.62. The molecule has 0 saturated carbocycles. The quantitative estimate of drug-likeness (QED) is 0.790. The van der Waals surface area contributed by atoms with Gasteiger partial charge >= 0.3 is 6.09 Å². The van der Waals surface area contributed by atoms with Crippen molar-refractivity contribution in [2.24, 2.45) is 4.99 Å². The summed E-state index contributed by atoms with van der Waals surface area (Å²) in [5.74, 6) is 1.54. The molecule has 27 heavy (non-hydrogen) atoms. The molecule has 0 N–H and O–H groups in total. The highest BCUT2D eigenvalue weighted by Crippen LogP contribution is 2.21. The zero-order valence-electron chi connectivity index (χ0n) is 17.2. The molecule has 2 aliphatic rings. The Balaban J connectivity index is 0.00000126. The lowest BCUT2D eigenvalue weighted by Crippen LogP contribution is -2.44. The van der Waals surface area contributed by atoms with Gasteiger partial charge in [0, 0.05) is 31.5 Å². The van der Waals surface area contributed by atoms with Crippen LogP contribution in [0.5, 0.6) is 5.75 Å². The van der Waals surface area contributed by atoms with E-state index < -0.39 is 5.60 Å². The third kappa shape index (κ3) is 6.45. The molecule has 1 saturated heterocycles. The van der Waals surface area contributed by atoms with E-state index in [1.54, 1.807) is 4.90 Å². The second-order valence-electron chi connectivity index (χ2n) is 7.34. The molecule has 0 spiro atoms. The van der Waals surface area contributed by atoms with Crippen molar-refractivity contribution < 1.29 is 19.0 Å². The summed E-state index contributed by atoms with van der Waals surface area (Å²) in [5.41, 5.74) is 0.518. The SMILES string of the molecule is CC.CC(C)(C)OC(=O)N1CCC(Oc2ccc(C3=NCCO3)cc2)CC1. The Kier molecular flexibility index (Phi) is 7.51. The van der Waals surface area contributed by atoms with E-state index in [0.717, 1.165) is 30.7 Å². The van der Waals surface area contributed by atoms with Crippen molar-refractivity contribution in [2.45, 2.75) is 59.2 Å². The van der Waals surface area contributed by atoms with Gasteiger partial charge in [-0.15, -0.1) is 0 Å². The minimum absolute atomic E-state index is 0.115. The summed E-state index contributed by atoms with van der Waals surface area (Å²) in [5, 5.41) is 0. The first kappa shape index (κ1) is 21.1. The van der Waals surface area contributed by atoms with Crippen molar-refractivity contribution >= 4 is 12.0 Å². The summed E-state index contributed by atoms with van der Waals surface area (Å²) in [6, 6.07) is 7.82. The lowest BCUT2D eigenvalue weighted by Gasteiger charge is -2.33. The first-order chi connectivity index (χ1) is 12.9. The van der Waals surface area contributed by atoms with E-state index in [1.807, 2.05) is 58.9 Å². The molecule has 2 aliphatic heterocycles. The zero-order chi connectivity index (χ0) is 19.9. The van der Waals surface area contributed by atoms with Crippen molar-refractivity contribution in [1.29, 1.82) is 0 Å². The van der Waals surface area contributed by atoms with Crippen molar-refractivity contribution in [3.63, 3.8) is 0 Å². The van der Waals surface area contributed by atoms with Gasteiger partial charge in [0.15, 0.2) is 0 Å². The molecular weight excluding hydrogens is 344 g/mol. The number of rotatable bonds is 3. The highest BCUT2D eigenvalue weighted by atomic mass is 16.6. The van der Waals surface area contributed by atoms with E-state index in [4.69, 9.17) is 14.2 Å². The fourth-order valence-corrected chi connectivity index (χ4v) is 2.86. The van der Waals surface area contributed by atoms with Crippen molar-refractivity contribution in [2.75, 3.05) is 26.2 Å². The lowest BCUT2D eigenvalue weighted by atomic mass is 10.1. The third-order valence-electron chi connectivity index (χ3n) is 4.08. The highest BCUT2D eigenvalue weighted by Gasteiger charge is 2.27. The molecule has 0 radical (unpaired) electrons. The van der Waals surface area contributed by atoms with E-state index in [1.165, 1.54) is 0 Å². The standard InChI is InChI=1S/C19H26N2O4.C2H6/c1-19(2,3)25-18(22)21-11-8-16(9-12-21)24-15-6-4-14(5-7-15)17-20-10-13-23-17;1-2/h4-7,16H,8-13H2,1-3H3;1-2H3. The molecule has 1 aromatic rings. The molecule has 1 fully saturated rings. The predicted octanol–water partition coefficient (Wildman–Crippen LogP) is 4.27. The molecule has 0 aromatic heterocycles. The van der Waals surface area contributed by atoms with Gasteiger partial charge in [-0.05, 0) is 45.0 Å². The number of piperidine rings is 1. The molecule has 2 heterocycles. The number of carbonyl (C=O) groups excluding carboxylic acids is 1. The number of likely N-dealkylation sites (tertiary alicyclic amines) is 1. The highest BCUT2D eigenvalue weighted by molar-refractivity contribution is 5.95. The Labute approximate surface area is 162 Å². The summed E-state index contributed by atoms with van der Waals surface area (Å²) >= 11 is 0. The molecule has 0 atom stereocenters. The average molecular weight is 376 g/mol. The predicted molar refractivity (Wildman–Crippen MR) is 107 cm³/mol. The smallest absolute Gasteiger partial charge is 0.410 e. The van der Waals surface area contributed by atoms with Crippen LogP contribution in [0.3, 0.4) is 0 Å². The van der Waals surface area contributed by atoms with Gasteiger partial charge in [0.25, 0.3) is 0 Å². The molecule has 3 rings (SSSR count). The van der Waals surface area contributed by atoms with Crippen molar-refractivity contribution in [3.05, 3.63) is 29.8 Å². The summed E-state index contributed by atoms with van der Waals surface area (Å²) in [6.07, 6.45) is 1.48. The number of carbonyl (C=O) groups is 1. The summed E-state index contributed by atoms with van der Waals surface area (Å²) in [4.78, 5) is 18.1. The fourth-order valence-electron chi connectivity index (χ4n) is 2.86. The van der Waals surface area contributed by atoms with E-state index in [0.29, 0.717) is 25.6 Å². The molecule has 6 heteroatoms. The van der Waals surface area contributed by atoms with Gasteiger partial charge in [0.05, 0.1) is 6.54 Å². The topological polar surface area (TPSA) is 60.4 Å². The van der Waals surface area contributed by atoms with Crippen LogP contribution in [-0.4, -0.2) is 54.8 Å². The number of ether oxygens (including phenoxy) is 3. The third-order valence-corrected chi connectivity index (χ3v) is 4.08. The second-order valence-corrected chi connectivity index (χ2v) is 7.34. The van der Waals surface area contributed by atoms with Crippen LogP contribution in [0, 0.1) is 0 Å². The lowest BCUT2D eigenvalue weighted by molar-refractivity contribution is 0.0126. The van der Waals surface area contributed by atoms with Crippen LogP contribution in [0.2, 0.25) is 0 Å². The maximum atomic E-state index is 12.1. The van der Waals surface area contributed by atoms with Crippen LogP contribution in [-0.2, 0) is 9.47 Å². The maximum Gasteiger partial charge on any atom is 0.410 e. The molecule has 1 aromatic carbocycles. The first-order valence-corrected chi connectivity index (χ1v) is 9.83. The molecule has 150 valence electrons. The Morgan fingerprint density at radius 1 is 1.15 bits per heavy atom. The Morgan fingerprint density at radius 3 is 2.30 bits per heavy atom. The van der Waals surface area contributed by atoms with Gasteiger partial charge in [0.1, 0.15) is 24.1 Å². The minimum atomic E-state index is -0.459. The van der Waals surface area contributed by atoms with Gasteiger partial charge in [-0.3, -0.25) is 0 Å². The van der Waals surface area contributed by atoms with Crippen molar-refractivity contribution in [3.8, 4) is 5.75 Å². The number of aliphatic imine (C=N–C) groups is 1. The zero-order valence-corrected chi connectivity index (χ0v) is 17.2. The van der Waals surface area contributed by atoms with E-state index >= 15 is 0 Å². The van der Waals surface area contributed by atoms with E-state index in [2.05, 4.69) is 4.99 Å². The van der Waals surface area contributed by atoms with Gasteiger partial charge in [-0.2, -0.15) is 0 Å². The normalized spacial score (nSPS) is 17.4. The molecule has 0 bridgehead atoms. The van der Waals surface area contributed by atoms with Crippen LogP contribution in [0.1, 0.15) is 53.0 Å². The summed E-state index contributed by atoms with van der Waals surface area (Å²) in [6.45, 7) is 12.3. The number of hydrogen-bond donors (Lipinski definition) is 0. The first-order valence-electron chi connectivity index (χ1n) is 9.83. The summed E-state index contributed by atoms with van der Waals surface area (Å²) in [7, 11) is 0. The van der Waals surface area contributed by atoms with Gasteiger partial charge in [0.2, 0.25) is 5.90 Å². The Hall–Kier alpha value is -2.24. The van der Waals surface area contributed by atoms with Gasteiger partial charge < -0.3 is 19.1 Å². The number of nitrogens with zero attached hydrogens (tertiary/aromatic N) is 2. The minimum Gasteiger partial charge on any atom is -0.490 e. The Morgan fingerprint density at radius 2 is 1.78 bits per heavy atom. The monoisotopic (exact) mass is 376 g/mol. The van der Waals surface area contributed by atoms with Gasteiger partial charge in [-0.25, -0.2) is 9.79 Å². The number of hydrogen-bond acceptors (Lipinski definition) is 5. The summed E-state index contributed by atoms with van der Waals surface area (Å²) < 4.78 is 16.9.